The van der Waals surface area contributed by atoms with Gasteiger partial charge in [0.05, 0.1) is 25.4 Å². The third-order valence-electron chi connectivity index (χ3n) is 12.8. The number of hydrogen-bond acceptors (Lipinski definition) is 5. The molecule has 0 saturated carbocycles. The number of aliphatic hydroxyl groups excluding tert-OH is 2. The number of allylic oxidation sites excluding steroid dienone is 1. The van der Waals surface area contributed by atoms with Gasteiger partial charge in [0.25, 0.3) is 0 Å². The Morgan fingerprint density at radius 2 is 0.754 bits per heavy atom. The molecule has 0 aromatic heterocycles. The maximum Gasteiger partial charge on any atom is 0.305 e. The Balaban J connectivity index is 3.43. The first-order valence-corrected chi connectivity index (χ1v) is 27.5. The Kier molecular flexibility index (Phi) is 50.1. The summed E-state index contributed by atoms with van der Waals surface area (Å²) in [6.07, 6.45) is 59.3. The summed E-state index contributed by atoms with van der Waals surface area (Å²) < 4.78 is 5.48. The minimum atomic E-state index is -0.849. The molecule has 2 unspecified atom stereocenters. The van der Waals surface area contributed by atoms with Gasteiger partial charge in [0.1, 0.15) is 0 Å². The molecule has 0 radical (unpaired) electrons. The smallest absolute Gasteiger partial charge is 0.305 e. The Bertz CT molecular complexity index is 909. The van der Waals surface area contributed by atoms with Gasteiger partial charge in [0.15, 0.2) is 0 Å². The van der Waals surface area contributed by atoms with Gasteiger partial charge in [-0.2, -0.15) is 0 Å². The third kappa shape index (κ3) is 47.9. The summed E-state index contributed by atoms with van der Waals surface area (Å²) in [5.74, 6) is -0.0768. The van der Waals surface area contributed by atoms with Gasteiger partial charge in [-0.15, -0.1) is 0 Å². The van der Waals surface area contributed by atoms with Gasteiger partial charge >= 0.3 is 5.97 Å². The fourth-order valence-corrected chi connectivity index (χ4v) is 8.58. The number of rotatable bonds is 51. The van der Waals surface area contributed by atoms with Crippen LogP contribution in [0.1, 0.15) is 303 Å². The molecule has 362 valence electrons. The maximum atomic E-state index is 12.4. The van der Waals surface area contributed by atoms with Crippen molar-refractivity contribution in [2.75, 3.05) is 13.2 Å². The van der Waals surface area contributed by atoms with Crippen LogP contribution in [0.2, 0.25) is 0 Å². The highest BCUT2D eigenvalue weighted by atomic mass is 16.5. The van der Waals surface area contributed by atoms with E-state index < -0.39 is 12.1 Å². The van der Waals surface area contributed by atoms with Crippen LogP contribution in [0.25, 0.3) is 0 Å². The predicted octanol–water partition coefficient (Wildman–Crippen LogP) is 16.5. The summed E-state index contributed by atoms with van der Waals surface area (Å²) in [7, 11) is 0. The van der Waals surface area contributed by atoms with E-state index >= 15 is 0 Å². The summed E-state index contributed by atoms with van der Waals surface area (Å²) in [6.45, 7) is 4.89. The van der Waals surface area contributed by atoms with E-state index in [0.717, 1.165) is 57.8 Å². The average Bonchev–Trinajstić information content (AvgIpc) is 3.26. The molecule has 0 aliphatic carbocycles. The first kappa shape index (κ1) is 59.6. The normalized spacial score (nSPS) is 12.7. The Labute approximate surface area is 380 Å². The van der Waals surface area contributed by atoms with Crippen LogP contribution in [0, 0.1) is 0 Å². The zero-order valence-corrected chi connectivity index (χ0v) is 41.2. The summed E-state index contributed by atoms with van der Waals surface area (Å²) in [5.41, 5.74) is 0. The van der Waals surface area contributed by atoms with Gasteiger partial charge in [0, 0.05) is 12.8 Å². The zero-order chi connectivity index (χ0) is 44.4. The third-order valence-corrected chi connectivity index (χ3v) is 12.8. The number of ether oxygens (including phenoxy) is 1. The summed E-state index contributed by atoms with van der Waals surface area (Å²) in [4.78, 5) is 24.5. The molecule has 3 N–H and O–H groups in total. The van der Waals surface area contributed by atoms with Crippen molar-refractivity contribution in [3.05, 3.63) is 12.2 Å². The van der Waals surface area contributed by atoms with Crippen molar-refractivity contribution in [1.29, 1.82) is 0 Å². The number of carbonyl (C=O) groups is 2. The highest BCUT2D eigenvalue weighted by Crippen LogP contribution is 2.17. The number of nitrogens with one attached hydrogen (secondary N) is 1. The lowest BCUT2D eigenvalue weighted by molar-refractivity contribution is -0.143. The summed E-state index contributed by atoms with van der Waals surface area (Å²) in [5, 5.41) is 23.0. The lowest BCUT2D eigenvalue weighted by atomic mass is 10.0. The molecule has 0 aliphatic heterocycles. The highest BCUT2D eigenvalue weighted by molar-refractivity contribution is 5.76. The quantitative estimate of drug-likeness (QED) is 0.0322. The SMILES string of the molecule is CCCCCCCCCCCCC/C=C/C(O)C(CO)NC(=O)CCCCCCCCCCCCCCCCOC(=O)CCCCCCCCCCCCCCCCCCC. The molecule has 61 heavy (non-hydrogen) atoms. The minimum absolute atomic E-state index is 0.000699. The first-order chi connectivity index (χ1) is 30.0. The van der Waals surface area contributed by atoms with E-state index in [1.54, 1.807) is 6.08 Å². The Morgan fingerprint density at radius 1 is 0.443 bits per heavy atom. The van der Waals surface area contributed by atoms with Crippen LogP contribution >= 0.6 is 0 Å². The fraction of sp³-hybridized carbons (Fsp3) is 0.927. The van der Waals surface area contributed by atoms with Crippen LogP contribution in [-0.2, 0) is 14.3 Å². The molecule has 0 bridgehead atoms. The first-order valence-electron chi connectivity index (χ1n) is 27.5. The molecule has 0 aromatic rings. The van der Waals surface area contributed by atoms with Crippen molar-refractivity contribution < 1.29 is 24.5 Å². The van der Waals surface area contributed by atoms with Crippen molar-refractivity contribution >= 4 is 11.9 Å². The van der Waals surface area contributed by atoms with E-state index in [-0.39, 0.29) is 18.5 Å². The zero-order valence-electron chi connectivity index (χ0n) is 41.2. The van der Waals surface area contributed by atoms with Gasteiger partial charge in [0.2, 0.25) is 5.91 Å². The van der Waals surface area contributed by atoms with E-state index in [2.05, 4.69) is 19.2 Å². The second-order valence-electron chi connectivity index (χ2n) is 18.9. The van der Waals surface area contributed by atoms with Crippen molar-refractivity contribution in [2.24, 2.45) is 0 Å². The summed E-state index contributed by atoms with van der Waals surface area (Å²) >= 11 is 0. The van der Waals surface area contributed by atoms with E-state index in [4.69, 9.17) is 4.74 Å². The van der Waals surface area contributed by atoms with E-state index in [0.29, 0.717) is 19.4 Å². The van der Waals surface area contributed by atoms with Gasteiger partial charge in [-0.1, -0.05) is 270 Å². The predicted molar refractivity (Wildman–Crippen MR) is 264 cm³/mol. The number of esters is 1. The molecule has 0 heterocycles. The molecule has 0 aliphatic rings. The molecular formula is C55H107NO5. The highest BCUT2D eigenvalue weighted by Gasteiger charge is 2.18. The van der Waals surface area contributed by atoms with Crippen molar-refractivity contribution in [1.82, 2.24) is 5.32 Å². The van der Waals surface area contributed by atoms with E-state index in [1.165, 1.54) is 218 Å². The molecular weight excluding hydrogens is 755 g/mol. The molecule has 1 amide bonds. The van der Waals surface area contributed by atoms with Gasteiger partial charge in [-0.3, -0.25) is 9.59 Å². The Morgan fingerprint density at radius 3 is 1.11 bits per heavy atom. The molecule has 0 rings (SSSR count). The lowest BCUT2D eigenvalue weighted by Crippen LogP contribution is -2.45. The second-order valence-corrected chi connectivity index (χ2v) is 18.9. The topological polar surface area (TPSA) is 95.9 Å². The van der Waals surface area contributed by atoms with Gasteiger partial charge in [-0.05, 0) is 32.1 Å². The minimum Gasteiger partial charge on any atom is -0.466 e. The lowest BCUT2D eigenvalue weighted by Gasteiger charge is -2.20. The van der Waals surface area contributed by atoms with E-state index in [1.807, 2.05) is 6.08 Å². The average molecular weight is 862 g/mol. The summed E-state index contributed by atoms with van der Waals surface area (Å²) in [6, 6.07) is -0.634. The fourth-order valence-electron chi connectivity index (χ4n) is 8.58. The van der Waals surface area contributed by atoms with Crippen LogP contribution in [0.3, 0.4) is 0 Å². The molecule has 0 saturated heterocycles. The molecule has 6 nitrogen and oxygen atoms in total. The van der Waals surface area contributed by atoms with Crippen LogP contribution < -0.4 is 5.32 Å². The van der Waals surface area contributed by atoms with Crippen LogP contribution in [0.4, 0.5) is 0 Å². The number of aliphatic hydroxyl groups is 2. The number of carbonyl (C=O) groups excluding carboxylic acids is 2. The van der Waals surface area contributed by atoms with Crippen molar-refractivity contribution in [3.8, 4) is 0 Å². The molecule has 0 spiro atoms. The monoisotopic (exact) mass is 862 g/mol. The number of unbranched alkanes of at least 4 members (excludes halogenated alkanes) is 40. The van der Waals surface area contributed by atoms with Crippen molar-refractivity contribution in [3.63, 3.8) is 0 Å². The van der Waals surface area contributed by atoms with Crippen LogP contribution in [-0.4, -0.2) is 47.4 Å². The van der Waals surface area contributed by atoms with Gasteiger partial charge in [-0.25, -0.2) is 0 Å². The van der Waals surface area contributed by atoms with Crippen LogP contribution in [0.15, 0.2) is 12.2 Å². The molecule has 0 aromatic carbocycles. The molecule has 0 fully saturated rings. The maximum absolute atomic E-state index is 12.4. The van der Waals surface area contributed by atoms with Crippen molar-refractivity contribution in [2.45, 2.75) is 315 Å². The number of hydrogen-bond donors (Lipinski definition) is 3. The molecule has 2 atom stereocenters. The van der Waals surface area contributed by atoms with Crippen LogP contribution in [0.5, 0.6) is 0 Å². The Hall–Kier alpha value is -1.40. The standard InChI is InChI=1S/C55H107NO5/c1-3-5-7-9-11-13-15-17-18-19-20-25-29-33-37-41-45-49-55(60)61-50-46-42-38-34-30-26-22-21-24-28-32-36-40-44-48-54(59)56-52(51-57)53(58)47-43-39-35-31-27-23-16-14-12-10-8-6-4-2/h43,47,52-53,57-58H,3-42,44-46,48-51H2,1-2H3,(H,56,59)/b47-43+. The second kappa shape index (κ2) is 51.2. The molecule has 6 heteroatoms. The van der Waals surface area contributed by atoms with Gasteiger partial charge < -0.3 is 20.3 Å². The number of amides is 1. The van der Waals surface area contributed by atoms with E-state index in [9.17, 15) is 19.8 Å². The largest absolute Gasteiger partial charge is 0.466 e.